The van der Waals surface area contributed by atoms with E-state index in [1.54, 1.807) is 20.8 Å². The predicted octanol–water partition coefficient (Wildman–Crippen LogP) is 2.24. The minimum atomic E-state index is -2.91. The molecule has 4 nitrogen and oxygen atoms in total. The van der Waals surface area contributed by atoms with Crippen LogP contribution < -0.4 is 0 Å². The van der Waals surface area contributed by atoms with Crippen LogP contribution in [0.25, 0.3) is 0 Å². The second kappa shape index (κ2) is 4.16. The van der Waals surface area contributed by atoms with Gasteiger partial charge in [-0.3, -0.25) is 4.90 Å². The Morgan fingerprint density at radius 1 is 1.44 bits per heavy atom. The number of nitrogens with zero attached hydrogens (tertiary/aromatic N) is 1. The maximum absolute atomic E-state index is 13.1. The summed E-state index contributed by atoms with van der Waals surface area (Å²) >= 11 is 0. The van der Waals surface area contributed by atoms with Gasteiger partial charge in [-0.05, 0) is 20.8 Å². The summed E-state index contributed by atoms with van der Waals surface area (Å²) in [6.45, 7) is 4.39. The topological polar surface area (TPSA) is 38.8 Å². The highest BCUT2D eigenvalue weighted by Gasteiger charge is 2.48. The summed E-state index contributed by atoms with van der Waals surface area (Å²) in [5.74, 6) is -2.91. The Kier molecular flexibility index (Phi) is 3.42. The van der Waals surface area contributed by atoms with E-state index in [-0.39, 0.29) is 0 Å². The van der Waals surface area contributed by atoms with Crippen molar-refractivity contribution < 1.29 is 23.0 Å². The lowest BCUT2D eigenvalue weighted by Gasteiger charge is -2.27. The van der Waals surface area contributed by atoms with Gasteiger partial charge < -0.3 is 9.47 Å². The Balaban J connectivity index is 2.69. The number of rotatable bonds is 1. The van der Waals surface area contributed by atoms with E-state index < -0.39 is 36.8 Å². The van der Waals surface area contributed by atoms with Crippen molar-refractivity contribution in [3.05, 3.63) is 0 Å². The molecule has 1 aliphatic rings. The van der Waals surface area contributed by atoms with Crippen LogP contribution >= 0.6 is 0 Å². The molecule has 1 fully saturated rings. The summed E-state index contributed by atoms with van der Waals surface area (Å²) < 4.78 is 36.1. The molecule has 1 saturated heterocycles. The number of likely N-dealkylation sites (tertiary alicyclic amines) is 1. The Bertz CT molecular complexity index is 276. The average Bonchev–Trinajstić information content (AvgIpc) is 2.38. The van der Waals surface area contributed by atoms with Gasteiger partial charge in [-0.2, -0.15) is 0 Å². The van der Waals surface area contributed by atoms with Crippen molar-refractivity contribution in [1.82, 2.24) is 4.90 Å². The normalized spacial score (nSPS) is 24.6. The molecule has 1 amide bonds. The van der Waals surface area contributed by atoms with Crippen molar-refractivity contribution in [3.63, 3.8) is 0 Å². The fraction of sp³-hybridized carbons (Fsp3) is 0.900. The first-order valence-corrected chi connectivity index (χ1v) is 5.05. The molecule has 0 N–H and O–H groups in total. The van der Waals surface area contributed by atoms with Gasteiger partial charge in [0.05, 0.1) is 13.0 Å². The predicted molar refractivity (Wildman–Crippen MR) is 53.3 cm³/mol. The molecule has 1 heterocycles. The summed E-state index contributed by atoms with van der Waals surface area (Å²) in [6, 6.07) is 0. The Morgan fingerprint density at radius 3 is 2.44 bits per heavy atom. The smallest absolute Gasteiger partial charge is 0.412 e. The van der Waals surface area contributed by atoms with E-state index in [4.69, 9.17) is 9.47 Å². The zero-order valence-electron chi connectivity index (χ0n) is 9.92. The van der Waals surface area contributed by atoms with Crippen LogP contribution in [0.4, 0.5) is 13.6 Å². The van der Waals surface area contributed by atoms with Crippen LogP contribution in [0.1, 0.15) is 27.2 Å². The molecule has 0 aromatic heterocycles. The maximum Gasteiger partial charge on any atom is 0.412 e. The number of alkyl halides is 2. The molecule has 0 aromatic carbocycles. The van der Waals surface area contributed by atoms with Crippen LogP contribution in [-0.2, 0) is 9.47 Å². The molecule has 0 radical (unpaired) electrons. The van der Waals surface area contributed by atoms with Crippen LogP contribution in [0.3, 0.4) is 0 Å². The van der Waals surface area contributed by atoms with E-state index in [1.165, 1.54) is 7.11 Å². The summed E-state index contributed by atoms with van der Waals surface area (Å²) in [4.78, 5) is 12.5. The third-order valence-corrected chi connectivity index (χ3v) is 2.12. The van der Waals surface area contributed by atoms with Crippen molar-refractivity contribution in [2.75, 3.05) is 13.7 Å². The average molecular weight is 237 g/mol. The lowest BCUT2D eigenvalue weighted by atomic mass is 10.2. The monoisotopic (exact) mass is 237 g/mol. The molecule has 0 saturated carbocycles. The quantitative estimate of drug-likeness (QED) is 0.702. The van der Waals surface area contributed by atoms with Crippen LogP contribution in [0.2, 0.25) is 0 Å². The van der Waals surface area contributed by atoms with E-state index in [0.29, 0.717) is 0 Å². The molecule has 1 unspecified atom stereocenters. The molecule has 0 aliphatic carbocycles. The summed E-state index contributed by atoms with van der Waals surface area (Å²) in [7, 11) is 1.30. The van der Waals surface area contributed by atoms with Gasteiger partial charge in [0.25, 0.3) is 5.92 Å². The minimum absolute atomic E-state index is 0.483. The molecule has 1 rings (SSSR count). The minimum Gasteiger partial charge on any atom is -0.444 e. The fourth-order valence-corrected chi connectivity index (χ4v) is 1.49. The van der Waals surface area contributed by atoms with E-state index >= 15 is 0 Å². The standard InChI is InChI=1S/C10H17F2NO3/c1-9(2,3)16-8(14)13-6-10(11,12)5-7(13)15-4/h7H,5-6H2,1-4H3. The molecule has 0 bridgehead atoms. The molecule has 0 aromatic rings. The highest BCUT2D eigenvalue weighted by Crippen LogP contribution is 2.33. The van der Waals surface area contributed by atoms with Crippen molar-refractivity contribution in [2.45, 2.75) is 44.9 Å². The van der Waals surface area contributed by atoms with Gasteiger partial charge in [-0.1, -0.05) is 0 Å². The Hall–Kier alpha value is -0.910. The van der Waals surface area contributed by atoms with Gasteiger partial charge in [0, 0.05) is 7.11 Å². The van der Waals surface area contributed by atoms with Gasteiger partial charge in [0.1, 0.15) is 11.8 Å². The largest absolute Gasteiger partial charge is 0.444 e. The first-order chi connectivity index (χ1) is 7.14. The summed E-state index contributed by atoms with van der Waals surface area (Å²) in [5, 5.41) is 0. The van der Waals surface area contributed by atoms with Crippen LogP contribution in [0, 0.1) is 0 Å². The fourth-order valence-electron chi connectivity index (χ4n) is 1.49. The van der Waals surface area contributed by atoms with E-state index in [1.807, 2.05) is 0 Å². The molecule has 1 atom stereocenters. The third-order valence-electron chi connectivity index (χ3n) is 2.12. The second-order valence-corrected chi connectivity index (χ2v) is 4.86. The van der Waals surface area contributed by atoms with Crippen molar-refractivity contribution >= 4 is 6.09 Å². The first-order valence-electron chi connectivity index (χ1n) is 5.05. The zero-order valence-corrected chi connectivity index (χ0v) is 9.92. The number of carbonyl (C=O) groups is 1. The molecule has 16 heavy (non-hydrogen) atoms. The van der Waals surface area contributed by atoms with Crippen molar-refractivity contribution in [2.24, 2.45) is 0 Å². The number of hydrogen-bond donors (Lipinski definition) is 0. The lowest BCUT2D eigenvalue weighted by molar-refractivity contribution is -0.0307. The van der Waals surface area contributed by atoms with Crippen LogP contribution in [0.15, 0.2) is 0 Å². The van der Waals surface area contributed by atoms with Crippen LogP contribution in [0.5, 0.6) is 0 Å². The summed E-state index contributed by atoms with van der Waals surface area (Å²) in [6.07, 6.45) is -2.16. The van der Waals surface area contributed by atoms with E-state index in [9.17, 15) is 13.6 Å². The van der Waals surface area contributed by atoms with Crippen molar-refractivity contribution in [1.29, 1.82) is 0 Å². The lowest BCUT2D eigenvalue weighted by Crippen LogP contribution is -2.41. The summed E-state index contributed by atoms with van der Waals surface area (Å²) in [5.41, 5.74) is -0.701. The third kappa shape index (κ3) is 3.30. The van der Waals surface area contributed by atoms with Gasteiger partial charge in [-0.15, -0.1) is 0 Å². The molecule has 94 valence electrons. The van der Waals surface area contributed by atoms with Gasteiger partial charge in [-0.25, -0.2) is 13.6 Å². The number of amides is 1. The number of halogens is 2. The number of carbonyl (C=O) groups excluding carboxylic acids is 1. The number of ether oxygens (including phenoxy) is 2. The van der Waals surface area contributed by atoms with E-state index in [0.717, 1.165) is 4.90 Å². The zero-order chi connectivity index (χ0) is 12.6. The Labute approximate surface area is 93.5 Å². The highest BCUT2D eigenvalue weighted by molar-refractivity contribution is 5.69. The number of methoxy groups -OCH3 is 1. The molecule has 0 spiro atoms. The van der Waals surface area contributed by atoms with Gasteiger partial charge >= 0.3 is 6.09 Å². The van der Waals surface area contributed by atoms with E-state index in [2.05, 4.69) is 0 Å². The molecular weight excluding hydrogens is 220 g/mol. The van der Waals surface area contributed by atoms with Crippen molar-refractivity contribution in [3.8, 4) is 0 Å². The SMILES string of the molecule is COC1CC(F)(F)CN1C(=O)OC(C)(C)C. The molecule has 1 aliphatic heterocycles. The highest BCUT2D eigenvalue weighted by atomic mass is 19.3. The molecular formula is C10H17F2NO3. The van der Waals surface area contributed by atoms with Gasteiger partial charge in [0.2, 0.25) is 0 Å². The Morgan fingerprint density at radius 2 is 2.00 bits per heavy atom. The van der Waals surface area contributed by atoms with Crippen LogP contribution in [-0.4, -0.2) is 42.4 Å². The second-order valence-electron chi connectivity index (χ2n) is 4.86. The van der Waals surface area contributed by atoms with Gasteiger partial charge in [0.15, 0.2) is 0 Å². The first kappa shape index (κ1) is 13.2. The number of hydrogen-bond acceptors (Lipinski definition) is 3. The maximum atomic E-state index is 13.1. The molecule has 6 heteroatoms.